The van der Waals surface area contributed by atoms with E-state index in [0.29, 0.717) is 17.8 Å². The van der Waals surface area contributed by atoms with Crippen LogP contribution in [0.2, 0.25) is 0 Å². The first-order chi connectivity index (χ1) is 19.8. The van der Waals surface area contributed by atoms with E-state index in [9.17, 15) is 0 Å². The van der Waals surface area contributed by atoms with Gasteiger partial charge in [0.2, 0.25) is 0 Å². The second kappa shape index (κ2) is 11.3. The van der Waals surface area contributed by atoms with E-state index in [-0.39, 0.29) is 10.8 Å². The third-order valence-corrected chi connectivity index (χ3v) is 10.9. The Morgan fingerprint density at radius 3 is 2.05 bits per heavy atom. The molecule has 0 saturated carbocycles. The molecule has 220 valence electrons. The number of aryl methyl sites for hydroxylation is 2. The van der Waals surface area contributed by atoms with Gasteiger partial charge >= 0.3 is 0 Å². The van der Waals surface area contributed by atoms with Crippen LogP contribution in [0.1, 0.15) is 84.6 Å². The Kier molecular flexibility index (Phi) is 8.18. The van der Waals surface area contributed by atoms with Gasteiger partial charge in [0.1, 0.15) is 0 Å². The number of hydrogen-bond donors (Lipinski definition) is 0. The molecule has 0 atom stereocenters. The van der Waals surface area contributed by atoms with Gasteiger partial charge in [-0.15, -0.1) is 11.3 Å². The molecule has 2 heterocycles. The normalized spacial score (nSPS) is 12.9. The molecule has 1 nitrogen and oxygen atoms in total. The van der Waals surface area contributed by atoms with Gasteiger partial charge in [0.05, 0.1) is 10.4 Å². The summed E-state index contributed by atoms with van der Waals surface area (Å²) in [6.45, 7) is 25.9. The second-order valence-corrected chi connectivity index (χ2v) is 15.6. The minimum Gasteiger partial charge on any atom is -0.255 e. The molecular formula is C40H49NS. The summed E-state index contributed by atoms with van der Waals surface area (Å²) in [7, 11) is 0. The summed E-state index contributed by atoms with van der Waals surface area (Å²) in [4.78, 5) is 6.44. The summed E-state index contributed by atoms with van der Waals surface area (Å²) in [6, 6.07) is 23.1. The van der Waals surface area contributed by atoms with E-state index in [4.69, 9.17) is 4.98 Å². The fraction of sp³-hybridized carbons (Fsp3) is 0.425. The lowest BCUT2D eigenvalue weighted by Gasteiger charge is -2.46. The van der Waals surface area contributed by atoms with Gasteiger partial charge in [0.15, 0.2) is 0 Å². The summed E-state index contributed by atoms with van der Waals surface area (Å²) in [5.74, 6) is 1.50. The van der Waals surface area contributed by atoms with Crippen LogP contribution in [0.25, 0.3) is 42.6 Å². The summed E-state index contributed by atoms with van der Waals surface area (Å²) in [5, 5.41) is 3.99. The van der Waals surface area contributed by atoms with Crippen LogP contribution in [0.5, 0.6) is 0 Å². The van der Waals surface area contributed by atoms with Gasteiger partial charge in [0, 0.05) is 22.1 Å². The molecule has 0 aliphatic carbocycles. The van der Waals surface area contributed by atoms with Crippen LogP contribution in [0.3, 0.4) is 0 Å². The summed E-state index contributed by atoms with van der Waals surface area (Å²) in [6.07, 6.45) is 3.10. The van der Waals surface area contributed by atoms with Crippen molar-refractivity contribution in [2.45, 2.75) is 88.0 Å². The zero-order chi connectivity index (χ0) is 30.6. The molecule has 0 bridgehead atoms. The van der Waals surface area contributed by atoms with Crippen LogP contribution in [0, 0.1) is 37.0 Å². The fourth-order valence-corrected chi connectivity index (χ4v) is 9.46. The number of aromatic nitrogens is 1. The summed E-state index contributed by atoms with van der Waals surface area (Å²) >= 11 is 1.91. The molecule has 0 unspecified atom stereocenters. The Morgan fingerprint density at radius 1 is 0.762 bits per heavy atom. The van der Waals surface area contributed by atoms with Crippen LogP contribution in [-0.2, 0) is 11.8 Å². The lowest BCUT2D eigenvalue weighted by atomic mass is 9.57. The van der Waals surface area contributed by atoms with Gasteiger partial charge in [-0.1, -0.05) is 105 Å². The highest BCUT2D eigenvalue weighted by atomic mass is 32.1. The maximum Gasteiger partial charge on any atom is 0.0880 e. The van der Waals surface area contributed by atoms with Crippen molar-refractivity contribution in [3.63, 3.8) is 0 Å². The molecule has 3 aromatic carbocycles. The van der Waals surface area contributed by atoms with Crippen molar-refractivity contribution >= 4 is 32.2 Å². The van der Waals surface area contributed by atoms with E-state index in [0.717, 1.165) is 12.1 Å². The van der Waals surface area contributed by atoms with Crippen molar-refractivity contribution in [1.29, 1.82) is 0 Å². The van der Waals surface area contributed by atoms with Crippen molar-refractivity contribution in [3.8, 4) is 21.7 Å². The van der Waals surface area contributed by atoms with Crippen LogP contribution >= 0.6 is 11.3 Å². The third kappa shape index (κ3) is 5.21. The molecule has 0 saturated heterocycles. The Morgan fingerprint density at radius 2 is 1.43 bits per heavy atom. The molecule has 5 rings (SSSR count). The van der Waals surface area contributed by atoms with Gasteiger partial charge in [0.25, 0.3) is 0 Å². The maximum absolute atomic E-state index is 5.08. The van der Waals surface area contributed by atoms with Crippen molar-refractivity contribution < 1.29 is 0 Å². The Bertz CT molecular complexity index is 1720. The number of nitrogens with zero attached hydrogens (tertiary/aromatic N) is 1. The van der Waals surface area contributed by atoms with Crippen molar-refractivity contribution in [2.75, 3.05) is 0 Å². The van der Waals surface area contributed by atoms with Gasteiger partial charge in [-0.3, -0.25) is 4.98 Å². The summed E-state index contributed by atoms with van der Waals surface area (Å²) in [5.41, 5.74) is 9.58. The van der Waals surface area contributed by atoms with E-state index >= 15 is 0 Å². The number of hydrogen-bond acceptors (Lipinski definition) is 2. The monoisotopic (exact) mass is 575 g/mol. The Hall–Kier alpha value is -2.97. The van der Waals surface area contributed by atoms with E-state index in [1.807, 2.05) is 17.5 Å². The molecule has 0 fully saturated rings. The molecule has 0 radical (unpaired) electrons. The molecule has 0 spiro atoms. The number of thiophene rings is 1. The zero-order valence-corrected chi connectivity index (χ0v) is 28.5. The van der Waals surface area contributed by atoms with Crippen LogP contribution < -0.4 is 0 Å². The predicted octanol–water partition coefficient (Wildman–Crippen LogP) is 12.2. The minimum atomic E-state index is 0.0476. The van der Waals surface area contributed by atoms with Crippen LogP contribution in [0.15, 0.2) is 66.9 Å². The predicted molar refractivity (Wildman–Crippen MR) is 187 cm³/mol. The quantitative estimate of drug-likeness (QED) is 0.188. The SMILES string of the molecule is Cc1cc(CC(C)(C)C)ccc1-c1sc2c(-c3cc(C(C(C)C)(C(C)C)C(C)C)c4ccccc4c3)nccc2c1C. The molecule has 0 amide bonds. The number of pyridine rings is 1. The molecule has 42 heavy (non-hydrogen) atoms. The van der Waals surface area contributed by atoms with Crippen molar-refractivity contribution in [2.24, 2.45) is 23.2 Å². The topological polar surface area (TPSA) is 12.9 Å². The first-order valence-electron chi connectivity index (χ1n) is 15.8. The zero-order valence-electron chi connectivity index (χ0n) is 27.6. The second-order valence-electron chi connectivity index (χ2n) is 14.6. The van der Waals surface area contributed by atoms with E-state index in [2.05, 4.69) is 137 Å². The molecule has 0 aliphatic rings. The standard InChI is InChI=1S/C40H49NS/c1-24(2)40(25(3)4,26(5)6)35-22-31(21-30-14-12-13-15-34(30)35)36-38-33(18-19-41-36)28(8)37(42-38)32-17-16-29(20-27(32)7)23-39(9,10)11/h12-22,24-26H,23H2,1-11H3. The highest BCUT2D eigenvalue weighted by Gasteiger charge is 2.43. The lowest BCUT2D eigenvalue weighted by molar-refractivity contribution is 0.150. The Balaban J connectivity index is 1.74. The van der Waals surface area contributed by atoms with Crippen LogP contribution in [-0.4, -0.2) is 4.98 Å². The van der Waals surface area contributed by atoms with Crippen LogP contribution in [0.4, 0.5) is 0 Å². The van der Waals surface area contributed by atoms with Crippen molar-refractivity contribution in [3.05, 3.63) is 89.1 Å². The largest absolute Gasteiger partial charge is 0.255 e. The molecule has 2 aromatic heterocycles. The molecule has 2 heteroatoms. The van der Waals surface area contributed by atoms with E-state index in [1.165, 1.54) is 59.1 Å². The van der Waals surface area contributed by atoms with Gasteiger partial charge in [-0.05, 0) is 106 Å². The molecule has 0 aliphatic heterocycles. The average molecular weight is 576 g/mol. The Labute approximate surface area is 258 Å². The van der Waals surface area contributed by atoms with Gasteiger partial charge in [-0.25, -0.2) is 0 Å². The smallest absolute Gasteiger partial charge is 0.0880 e. The van der Waals surface area contributed by atoms with E-state index in [1.54, 1.807) is 0 Å². The third-order valence-electron chi connectivity index (χ3n) is 9.59. The first-order valence-corrected chi connectivity index (χ1v) is 16.6. The minimum absolute atomic E-state index is 0.0476. The number of fused-ring (bicyclic) bond motifs is 2. The summed E-state index contributed by atoms with van der Waals surface area (Å²) < 4.78 is 1.29. The highest BCUT2D eigenvalue weighted by molar-refractivity contribution is 7.23. The molecule has 5 aromatic rings. The first kappa shape index (κ1) is 30.5. The van der Waals surface area contributed by atoms with Gasteiger partial charge in [-0.2, -0.15) is 0 Å². The van der Waals surface area contributed by atoms with Gasteiger partial charge < -0.3 is 0 Å². The number of rotatable bonds is 7. The van der Waals surface area contributed by atoms with Crippen molar-refractivity contribution in [1.82, 2.24) is 4.98 Å². The maximum atomic E-state index is 5.08. The average Bonchev–Trinajstić information content (AvgIpc) is 3.23. The number of benzene rings is 3. The lowest BCUT2D eigenvalue weighted by Crippen LogP contribution is -2.43. The molecular weight excluding hydrogens is 527 g/mol. The highest BCUT2D eigenvalue weighted by Crippen LogP contribution is 2.50. The molecule has 0 N–H and O–H groups in total. The fourth-order valence-electron chi connectivity index (χ4n) is 8.05. The van der Waals surface area contributed by atoms with E-state index < -0.39 is 0 Å².